The lowest BCUT2D eigenvalue weighted by Crippen LogP contribution is -2.32. The molecule has 0 saturated heterocycles. The Kier molecular flexibility index (Phi) is 4.30. The van der Waals surface area contributed by atoms with Crippen molar-refractivity contribution >= 4 is 5.97 Å². The predicted octanol–water partition coefficient (Wildman–Crippen LogP) is 2.03. The molecule has 1 heterocycles. The van der Waals surface area contributed by atoms with E-state index in [4.69, 9.17) is 4.74 Å². The summed E-state index contributed by atoms with van der Waals surface area (Å²) in [6.45, 7) is 1.81. The first-order valence-corrected chi connectivity index (χ1v) is 6.40. The van der Waals surface area contributed by atoms with Gasteiger partial charge in [-0.3, -0.25) is 4.79 Å². The van der Waals surface area contributed by atoms with Crippen molar-refractivity contribution < 1.29 is 9.53 Å². The lowest BCUT2D eigenvalue weighted by molar-refractivity contribution is -0.145. The summed E-state index contributed by atoms with van der Waals surface area (Å²) in [4.78, 5) is 23.6. The van der Waals surface area contributed by atoms with Crippen LogP contribution in [0.4, 0.5) is 0 Å². The number of nitrogens with zero attached hydrogens (tertiary/aromatic N) is 2. The van der Waals surface area contributed by atoms with Crippen molar-refractivity contribution in [3.05, 3.63) is 52.8 Å². The molecule has 104 valence electrons. The average molecular weight is 272 g/mol. The van der Waals surface area contributed by atoms with Gasteiger partial charge >= 0.3 is 5.97 Å². The van der Waals surface area contributed by atoms with Crippen LogP contribution in [0.15, 0.2) is 47.3 Å². The largest absolute Gasteiger partial charge is 0.467 e. The van der Waals surface area contributed by atoms with E-state index in [1.165, 1.54) is 17.9 Å². The van der Waals surface area contributed by atoms with E-state index in [0.717, 1.165) is 5.56 Å². The second-order valence-corrected chi connectivity index (χ2v) is 4.31. The Labute approximate surface area is 116 Å². The molecule has 0 aliphatic carbocycles. The average Bonchev–Trinajstić information content (AvgIpc) is 2.50. The minimum absolute atomic E-state index is 0.318. The van der Waals surface area contributed by atoms with Gasteiger partial charge in [0, 0.05) is 11.6 Å². The van der Waals surface area contributed by atoms with Gasteiger partial charge in [-0.1, -0.05) is 37.3 Å². The number of aromatic nitrogens is 2. The smallest absolute Gasteiger partial charge is 0.330 e. The van der Waals surface area contributed by atoms with E-state index in [1.54, 1.807) is 6.07 Å². The second kappa shape index (κ2) is 6.14. The Hall–Kier alpha value is -2.43. The number of hydrogen-bond donors (Lipinski definition) is 0. The molecule has 0 spiro atoms. The van der Waals surface area contributed by atoms with E-state index in [9.17, 15) is 9.59 Å². The standard InChI is InChI=1S/C15H16N2O3/c1-3-13(15(19)20-2)17-14(18)10-9-12(16-17)11-7-5-4-6-8-11/h4-10,13H,3H2,1-2H3. The Morgan fingerprint density at radius 3 is 2.55 bits per heavy atom. The number of carbonyl (C=O) groups excluding carboxylic acids is 1. The summed E-state index contributed by atoms with van der Waals surface area (Å²) in [6, 6.07) is 11.9. The van der Waals surface area contributed by atoms with Gasteiger partial charge in [0.25, 0.3) is 5.56 Å². The van der Waals surface area contributed by atoms with Crippen LogP contribution >= 0.6 is 0 Å². The first kappa shape index (κ1) is 14.0. The summed E-state index contributed by atoms with van der Waals surface area (Å²) in [6.07, 6.45) is 0.442. The van der Waals surface area contributed by atoms with E-state index < -0.39 is 12.0 Å². The fourth-order valence-corrected chi connectivity index (χ4v) is 1.99. The Morgan fingerprint density at radius 2 is 1.95 bits per heavy atom. The molecule has 0 radical (unpaired) electrons. The lowest BCUT2D eigenvalue weighted by atomic mass is 10.1. The van der Waals surface area contributed by atoms with Gasteiger partial charge in [-0.25, -0.2) is 9.48 Å². The summed E-state index contributed by atoms with van der Waals surface area (Å²) in [7, 11) is 1.30. The quantitative estimate of drug-likeness (QED) is 0.799. The molecule has 2 rings (SSSR count). The molecular formula is C15H16N2O3. The van der Waals surface area contributed by atoms with Crippen molar-refractivity contribution in [3.8, 4) is 11.3 Å². The van der Waals surface area contributed by atoms with Crippen molar-refractivity contribution in [1.29, 1.82) is 0 Å². The van der Waals surface area contributed by atoms with Crippen LogP contribution in [-0.4, -0.2) is 22.9 Å². The molecule has 0 amide bonds. The van der Waals surface area contributed by atoms with E-state index in [2.05, 4.69) is 5.10 Å². The fraction of sp³-hybridized carbons (Fsp3) is 0.267. The zero-order valence-electron chi connectivity index (χ0n) is 11.4. The maximum Gasteiger partial charge on any atom is 0.330 e. The van der Waals surface area contributed by atoms with Gasteiger partial charge in [-0.05, 0) is 12.5 Å². The number of benzene rings is 1. The number of methoxy groups -OCH3 is 1. The summed E-state index contributed by atoms with van der Waals surface area (Å²) < 4.78 is 5.91. The van der Waals surface area contributed by atoms with Gasteiger partial charge in [0.1, 0.15) is 0 Å². The summed E-state index contributed by atoms with van der Waals surface area (Å²) >= 11 is 0. The van der Waals surface area contributed by atoms with Gasteiger partial charge < -0.3 is 4.74 Å². The molecule has 2 aromatic rings. The highest BCUT2D eigenvalue weighted by atomic mass is 16.5. The lowest BCUT2D eigenvalue weighted by Gasteiger charge is -2.15. The third kappa shape index (κ3) is 2.77. The first-order chi connectivity index (χ1) is 9.67. The van der Waals surface area contributed by atoms with Crippen LogP contribution < -0.4 is 5.56 Å². The van der Waals surface area contributed by atoms with Crippen LogP contribution in [0.3, 0.4) is 0 Å². The predicted molar refractivity (Wildman–Crippen MR) is 75.3 cm³/mol. The van der Waals surface area contributed by atoms with Crippen LogP contribution in [0.25, 0.3) is 11.3 Å². The molecule has 0 aliphatic heterocycles. The van der Waals surface area contributed by atoms with Gasteiger partial charge in [-0.2, -0.15) is 5.10 Å². The zero-order chi connectivity index (χ0) is 14.5. The number of ether oxygens (including phenoxy) is 1. The molecular weight excluding hydrogens is 256 g/mol. The number of hydrogen-bond acceptors (Lipinski definition) is 4. The summed E-state index contributed by atoms with van der Waals surface area (Å²) in [5, 5.41) is 4.29. The topological polar surface area (TPSA) is 61.2 Å². The highest BCUT2D eigenvalue weighted by Gasteiger charge is 2.21. The van der Waals surface area contributed by atoms with Crippen molar-refractivity contribution in [2.24, 2.45) is 0 Å². The monoisotopic (exact) mass is 272 g/mol. The Morgan fingerprint density at radius 1 is 1.25 bits per heavy atom. The number of esters is 1. The number of rotatable bonds is 4. The molecule has 20 heavy (non-hydrogen) atoms. The van der Waals surface area contributed by atoms with Crippen molar-refractivity contribution in [3.63, 3.8) is 0 Å². The molecule has 0 bridgehead atoms. The van der Waals surface area contributed by atoms with Gasteiger partial charge in [0.15, 0.2) is 6.04 Å². The highest BCUT2D eigenvalue weighted by Crippen LogP contribution is 2.16. The SMILES string of the molecule is CCC(C(=O)OC)n1nc(-c2ccccc2)ccc1=O. The van der Waals surface area contributed by atoms with Crippen molar-refractivity contribution in [2.45, 2.75) is 19.4 Å². The zero-order valence-corrected chi connectivity index (χ0v) is 11.4. The second-order valence-electron chi connectivity index (χ2n) is 4.31. The molecule has 5 heteroatoms. The minimum atomic E-state index is -0.698. The molecule has 0 N–H and O–H groups in total. The maximum absolute atomic E-state index is 11.9. The van der Waals surface area contributed by atoms with Crippen LogP contribution in [0.5, 0.6) is 0 Å². The summed E-state index contributed by atoms with van der Waals surface area (Å²) in [5.41, 5.74) is 1.22. The van der Waals surface area contributed by atoms with Crippen LogP contribution in [0, 0.1) is 0 Å². The minimum Gasteiger partial charge on any atom is -0.467 e. The Balaban J connectivity index is 2.49. The van der Waals surface area contributed by atoms with Crippen LogP contribution in [-0.2, 0) is 9.53 Å². The van der Waals surface area contributed by atoms with E-state index >= 15 is 0 Å². The normalized spacial score (nSPS) is 11.9. The third-order valence-corrected chi connectivity index (χ3v) is 3.05. The third-order valence-electron chi connectivity index (χ3n) is 3.05. The van der Waals surface area contributed by atoms with Gasteiger partial charge in [-0.15, -0.1) is 0 Å². The molecule has 1 aromatic carbocycles. The van der Waals surface area contributed by atoms with Crippen LogP contribution in [0.2, 0.25) is 0 Å². The van der Waals surface area contributed by atoms with E-state index in [-0.39, 0.29) is 5.56 Å². The van der Waals surface area contributed by atoms with E-state index in [1.807, 2.05) is 37.3 Å². The van der Waals surface area contributed by atoms with Crippen molar-refractivity contribution in [2.75, 3.05) is 7.11 Å². The maximum atomic E-state index is 11.9. The molecule has 1 unspecified atom stereocenters. The van der Waals surface area contributed by atoms with Crippen LogP contribution in [0.1, 0.15) is 19.4 Å². The Bertz CT molecular complexity index is 650. The van der Waals surface area contributed by atoms with E-state index in [0.29, 0.717) is 12.1 Å². The van der Waals surface area contributed by atoms with Crippen molar-refractivity contribution in [1.82, 2.24) is 9.78 Å². The molecule has 0 aliphatic rings. The number of carbonyl (C=O) groups is 1. The molecule has 5 nitrogen and oxygen atoms in total. The molecule has 0 fully saturated rings. The fourth-order valence-electron chi connectivity index (χ4n) is 1.99. The molecule has 1 aromatic heterocycles. The van der Waals surface area contributed by atoms with Gasteiger partial charge in [0.05, 0.1) is 12.8 Å². The summed E-state index contributed by atoms with van der Waals surface area (Å²) in [5.74, 6) is -0.465. The van der Waals surface area contributed by atoms with Gasteiger partial charge in [0.2, 0.25) is 0 Å². The first-order valence-electron chi connectivity index (χ1n) is 6.40. The highest BCUT2D eigenvalue weighted by molar-refractivity contribution is 5.73. The molecule has 0 saturated carbocycles. The molecule has 1 atom stereocenters.